The molecule has 0 saturated carbocycles. The van der Waals surface area contributed by atoms with Gasteiger partial charge in [-0.2, -0.15) is 0 Å². The van der Waals surface area contributed by atoms with E-state index < -0.39 is 10.0 Å². The van der Waals surface area contributed by atoms with Gasteiger partial charge < -0.3 is 9.80 Å². The van der Waals surface area contributed by atoms with Crippen LogP contribution in [0.1, 0.15) is 19.8 Å². The van der Waals surface area contributed by atoms with Crippen molar-refractivity contribution in [2.24, 2.45) is 0 Å². The van der Waals surface area contributed by atoms with Crippen molar-refractivity contribution in [3.8, 4) is 0 Å². The summed E-state index contributed by atoms with van der Waals surface area (Å²) in [6, 6.07) is 5.32. The van der Waals surface area contributed by atoms with E-state index in [1.54, 1.807) is 17.2 Å². The normalized spacial score (nSPS) is 17.8. The van der Waals surface area contributed by atoms with Crippen molar-refractivity contribution in [3.05, 3.63) is 30.7 Å². The van der Waals surface area contributed by atoms with Gasteiger partial charge in [0.05, 0.1) is 11.9 Å². The van der Waals surface area contributed by atoms with Crippen LogP contribution >= 0.6 is 0 Å². The summed E-state index contributed by atoms with van der Waals surface area (Å²) in [6.07, 6.45) is 5.74. The minimum Gasteiger partial charge on any atom is -0.369 e. The molecule has 178 valence electrons. The van der Waals surface area contributed by atoms with Crippen LogP contribution in [0, 0.1) is 0 Å². The average molecular weight is 475 g/mol. The molecule has 0 spiro atoms. The van der Waals surface area contributed by atoms with Crippen LogP contribution in [0.4, 0.5) is 27.9 Å². The zero-order valence-electron chi connectivity index (χ0n) is 19.0. The Morgan fingerprint density at radius 1 is 1.06 bits per heavy atom. The number of hydrogen-bond donors (Lipinski definition) is 1. The molecule has 1 N–H and O–H groups in total. The molecule has 11 nitrogen and oxygen atoms in total. The minimum absolute atomic E-state index is 0.295. The lowest BCUT2D eigenvalue weighted by Crippen LogP contribution is -2.37. The molecule has 1 saturated heterocycles. The molecule has 33 heavy (non-hydrogen) atoms. The molecule has 2 aliphatic heterocycles. The Kier molecular flexibility index (Phi) is 6.94. The molecule has 4 rings (SSSR count). The van der Waals surface area contributed by atoms with E-state index in [-0.39, 0.29) is 6.03 Å². The van der Waals surface area contributed by atoms with Crippen molar-refractivity contribution < 1.29 is 13.2 Å². The van der Waals surface area contributed by atoms with Crippen LogP contribution in [0.15, 0.2) is 30.7 Å². The number of carbonyl (C=O) groups is 1. The minimum atomic E-state index is -3.23. The molecule has 0 aromatic carbocycles. The summed E-state index contributed by atoms with van der Waals surface area (Å²) in [7, 11) is -3.23. The van der Waals surface area contributed by atoms with Gasteiger partial charge in [0.15, 0.2) is 5.82 Å². The highest BCUT2D eigenvalue weighted by molar-refractivity contribution is 7.88. The summed E-state index contributed by atoms with van der Waals surface area (Å²) in [6.45, 7) is 6.40. The zero-order valence-corrected chi connectivity index (χ0v) is 19.8. The van der Waals surface area contributed by atoms with E-state index >= 15 is 0 Å². The molecule has 0 atom stereocenters. The maximum atomic E-state index is 13.2. The molecule has 0 unspecified atom stereocenters. The topological polar surface area (TPSA) is 115 Å². The summed E-state index contributed by atoms with van der Waals surface area (Å²) in [5, 5.41) is 2.83. The van der Waals surface area contributed by atoms with Gasteiger partial charge in [-0.3, -0.25) is 10.2 Å². The van der Waals surface area contributed by atoms with Gasteiger partial charge in [0.1, 0.15) is 18.0 Å². The quantitative estimate of drug-likeness (QED) is 0.711. The van der Waals surface area contributed by atoms with Gasteiger partial charge in [0.2, 0.25) is 10.0 Å². The fourth-order valence-electron chi connectivity index (χ4n) is 4.22. The summed E-state index contributed by atoms with van der Waals surface area (Å²) in [5.74, 6) is 1.77. The van der Waals surface area contributed by atoms with Crippen molar-refractivity contribution in [1.82, 2.24) is 19.3 Å². The Balaban J connectivity index is 1.63. The predicted molar refractivity (Wildman–Crippen MR) is 128 cm³/mol. The molecule has 2 aromatic heterocycles. The first-order chi connectivity index (χ1) is 15.9. The van der Waals surface area contributed by atoms with E-state index in [0.717, 1.165) is 31.0 Å². The van der Waals surface area contributed by atoms with E-state index in [2.05, 4.69) is 32.0 Å². The first-order valence-electron chi connectivity index (χ1n) is 11.2. The highest BCUT2D eigenvalue weighted by Gasteiger charge is 2.28. The molecule has 4 heterocycles. The van der Waals surface area contributed by atoms with Gasteiger partial charge in [-0.15, -0.1) is 0 Å². The lowest BCUT2D eigenvalue weighted by atomic mass is 10.3. The standard InChI is InChI=1S/C21H30N8O3S/c1-3-26-10-5-13-29(21(30)24-18-8-9-22-16-23-18)20-17(26)6-7-19(25-20)27-11-4-12-28(15-14-27)33(2,31)32/h6-9,16H,3-5,10-15H2,1-2H3,(H,22,23,24,30). The molecule has 12 heteroatoms. The van der Waals surface area contributed by atoms with Crippen LogP contribution in [0.5, 0.6) is 0 Å². The number of aromatic nitrogens is 3. The van der Waals surface area contributed by atoms with Crippen molar-refractivity contribution in [3.63, 3.8) is 0 Å². The highest BCUT2D eigenvalue weighted by atomic mass is 32.2. The number of anilines is 4. The number of nitrogens with zero attached hydrogens (tertiary/aromatic N) is 7. The first kappa shape index (κ1) is 23.2. The van der Waals surface area contributed by atoms with E-state index in [4.69, 9.17) is 4.98 Å². The van der Waals surface area contributed by atoms with E-state index in [1.165, 1.54) is 16.9 Å². The molecule has 0 bridgehead atoms. The van der Waals surface area contributed by atoms with Crippen molar-refractivity contribution in [2.45, 2.75) is 19.8 Å². The van der Waals surface area contributed by atoms with Crippen molar-refractivity contribution in [2.75, 3.05) is 72.1 Å². The SMILES string of the molecule is CCN1CCCN(C(=O)Nc2ccncn2)c2nc(N3CCCN(S(C)(=O)=O)CC3)ccc21. The second-order valence-corrected chi connectivity index (χ2v) is 10.1. The molecule has 0 radical (unpaired) electrons. The van der Waals surface area contributed by atoms with Crippen LogP contribution in [0.2, 0.25) is 0 Å². The van der Waals surface area contributed by atoms with Crippen LogP contribution in [0.25, 0.3) is 0 Å². The number of pyridine rings is 1. The third-order valence-corrected chi connectivity index (χ3v) is 7.24. The Bertz CT molecular complexity index is 1080. The van der Waals surface area contributed by atoms with E-state index in [1.807, 2.05) is 12.1 Å². The highest BCUT2D eigenvalue weighted by Crippen LogP contribution is 2.33. The number of urea groups is 1. The Morgan fingerprint density at radius 2 is 1.88 bits per heavy atom. The van der Waals surface area contributed by atoms with Crippen LogP contribution < -0.4 is 20.0 Å². The van der Waals surface area contributed by atoms with Crippen molar-refractivity contribution in [1.29, 1.82) is 0 Å². The van der Waals surface area contributed by atoms with Gasteiger partial charge in [-0.05, 0) is 38.0 Å². The maximum absolute atomic E-state index is 13.2. The van der Waals surface area contributed by atoms with E-state index in [9.17, 15) is 13.2 Å². The molecule has 1 fully saturated rings. The van der Waals surface area contributed by atoms with Gasteiger partial charge in [0.25, 0.3) is 0 Å². The average Bonchev–Trinajstić information content (AvgIpc) is 3.16. The summed E-state index contributed by atoms with van der Waals surface area (Å²) in [5.41, 5.74) is 0.907. The number of rotatable bonds is 4. The summed E-state index contributed by atoms with van der Waals surface area (Å²) in [4.78, 5) is 32.1. The van der Waals surface area contributed by atoms with Crippen LogP contribution in [-0.2, 0) is 10.0 Å². The second kappa shape index (κ2) is 9.87. The van der Waals surface area contributed by atoms with Crippen molar-refractivity contribution >= 4 is 39.2 Å². The number of fused-ring (bicyclic) bond motifs is 1. The maximum Gasteiger partial charge on any atom is 0.328 e. The Hall–Kier alpha value is -2.99. The molecular formula is C21H30N8O3S. The fourth-order valence-corrected chi connectivity index (χ4v) is 5.10. The van der Waals surface area contributed by atoms with Gasteiger partial charge in [-0.25, -0.2) is 32.5 Å². The molecule has 0 aliphatic carbocycles. The summed E-state index contributed by atoms with van der Waals surface area (Å²) < 4.78 is 25.5. The molecular weight excluding hydrogens is 444 g/mol. The summed E-state index contributed by atoms with van der Waals surface area (Å²) >= 11 is 0. The number of amides is 2. The van der Waals surface area contributed by atoms with Gasteiger partial charge in [-0.1, -0.05) is 0 Å². The number of sulfonamides is 1. The monoisotopic (exact) mass is 474 g/mol. The van der Waals surface area contributed by atoms with E-state index in [0.29, 0.717) is 50.8 Å². The first-order valence-corrected chi connectivity index (χ1v) is 13.0. The molecule has 2 aliphatic rings. The molecule has 2 aromatic rings. The van der Waals surface area contributed by atoms with Crippen LogP contribution in [-0.4, -0.2) is 85.8 Å². The largest absolute Gasteiger partial charge is 0.369 e. The number of nitrogens with one attached hydrogen (secondary N) is 1. The second-order valence-electron chi connectivity index (χ2n) is 8.12. The number of hydrogen-bond acceptors (Lipinski definition) is 8. The lowest BCUT2D eigenvalue weighted by Gasteiger charge is -2.28. The third-order valence-electron chi connectivity index (χ3n) is 5.94. The predicted octanol–water partition coefficient (Wildman–Crippen LogP) is 1.61. The lowest BCUT2D eigenvalue weighted by molar-refractivity contribution is 0.256. The smallest absolute Gasteiger partial charge is 0.328 e. The third kappa shape index (κ3) is 5.33. The van der Waals surface area contributed by atoms with Crippen LogP contribution in [0.3, 0.4) is 0 Å². The van der Waals surface area contributed by atoms with Gasteiger partial charge in [0, 0.05) is 52.0 Å². The Morgan fingerprint density at radius 3 is 2.61 bits per heavy atom. The zero-order chi connectivity index (χ0) is 23.4. The molecule has 2 amide bonds. The number of carbonyl (C=O) groups excluding carboxylic acids is 1. The Labute approximate surface area is 194 Å². The fraction of sp³-hybridized carbons (Fsp3) is 0.524. The van der Waals surface area contributed by atoms with Gasteiger partial charge >= 0.3 is 6.03 Å².